The predicted molar refractivity (Wildman–Crippen MR) is 99.1 cm³/mol. The highest BCUT2D eigenvalue weighted by molar-refractivity contribution is 5.94. The summed E-state index contributed by atoms with van der Waals surface area (Å²) in [5.41, 5.74) is 5.23. The van der Waals surface area contributed by atoms with Crippen LogP contribution < -0.4 is 10.2 Å². The number of amides is 1. The second-order valence-electron chi connectivity index (χ2n) is 6.14. The molecular formula is C21H19N3O. The molecule has 3 aromatic rings. The van der Waals surface area contributed by atoms with Gasteiger partial charge in [-0.25, -0.2) is 0 Å². The van der Waals surface area contributed by atoms with Crippen molar-refractivity contribution in [2.75, 3.05) is 11.9 Å². The monoisotopic (exact) mass is 329 g/mol. The van der Waals surface area contributed by atoms with Gasteiger partial charge in [0.05, 0.1) is 23.5 Å². The number of hydrogen-bond acceptors (Lipinski definition) is 3. The molecule has 2 heterocycles. The maximum Gasteiger partial charge on any atom is 0.252 e. The molecule has 1 unspecified atom stereocenters. The zero-order valence-electron chi connectivity index (χ0n) is 14.0. The molecule has 4 rings (SSSR count). The van der Waals surface area contributed by atoms with Gasteiger partial charge >= 0.3 is 0 Å². The summed E-state index contributed by atoms with van der Waals surface area (Å²) in [7, 11) is 1.63. The highest BCUT2D eigenvalue weighted by Gasteiger charge is 2.31. The van der Waals surface area contributed by atoms with Crippen molar-refractivity contribution >= 4 is 17.3 Å². The first kappa shape index (κ1) is 15.4. The van der Waals surface area contributed by atoms with Gasteiger partial charge in [0.25, 0.3) is 5.91 Å². The van der Waals surface area contributed by atoms with Crippen LogP contribution in [0.3, 0.4) is 0 Å². The zero-order valence-corrected chi connectivity index (χ0v) is 14.0. The van der Waals surface area contributed by atoms with Crippen molar-refractivity contribution < 1.29 is 4.79 Å². The fraction of sp³-hybridized carbons (Fsp3) is 0.143. The fourth-order valence-electron chi connectivity index (χ4n) is 3.48. The van der Waals surface area contributed by atoms with Crippen LogP contribution in [0.25, 0.3) is 0 Å². The van der Waals surface area contributed by atoms with Gasteiger partial charge in [-0.15, -0.1) is 0 Å². The zero-order chi connectivity index (χ0) is 17.2. The second kappa shape index (κ2) is 6.40. The lowest BCUT2D eigenvalue weighted by Gasteiger charge is -2.28. The molecule has 4 heteroatoms. The van der Waals surface area contributed by atoms with E-state index in [0.717, 1.165) is 12.1 Å². The van der Waals surface area contributed by atoms with Gasteiger partial charge in [-0.05, 0) is 29.7 Å². The van der Waals surface area contributed by atoms with E-state index in [0.29, 0.717) is 5.56 Å². The Morgan fingerprint density at radius 2 is 1.84 bits per heavy atom. The van der Waals surface area contributed by atoms with Gasteiger partial charge in [-0.2, -0.15) is 0 Å². The van der Waals surface area contributed by atoms with Crippen molar-refractivity contribution in [2.45, 2.75) is 12.5 Å². The van der Waals surface area contributed by atoms with Crippen LogP contribution in [0, 0.1) is 0 Å². The van der Waals surface area contributed by atoms with E-state index in [1.54, 1.807) is 13.2 Å². The number of pyridine rings is 1. The van der Waals surface area contributed by atoms with E-state index in [1.165, 1.54) is 16.8 Å². The SMILES string of the molecule is CNC(=O)c1cncc(N2c3ccccc3CC2c2ccccc2)c1. The van der Waals surface area contributed by atoms with Crippen LogP contribution in [0.2, 0.25) is 0 Å². The Morgan fingerprint density at radius 3 is 2.64 bits per heavy atom. The third-order valence-corrected chi connectivity index (χ3v) is 4.65. The van der Waals surface area contributed by atoms with Crippen LogP contribution in [-0.2, 0) is 6.42 Å². The van der Waals surface area contributed by atoms with Gasteiger partial charge in [0.15, 0.2) is 0 Å². The largest absolute Gasteiger partial charge is 0.355 e. The van der Waals surface area contributed by atoms with E-state index in [1.807, 2.05) is 18.3 Å². The van der Waals surface area contributed by atoms with Crippen molar-refractivity contribution in [1.82, 2.24) is 10.3 Å². The molecule has 124 valence electrons. The molecule has 0 radical (unpaired) electrons. The Bertz CT molecular complexity index is 908. The number of hydrogen-bond donors (Lipinski definition) is 1. The minimum absolute atomic E-state index is 0.127. The molecule has 1 N–H and O–H groups in total. The van der Waals surface area contributed by atoms with Crippen molar-refractivity contribution in [3.8, 4) is 0 Å². The highest BCUT2D eigenvalue weighted by atomic mass is 16.1. The van der Waals surface area contributed by atoms with Gasteiger partial charge in [-0.1, -0.05) is 48.5 Å². The first-order valence-electron chi connectivity index (χ1n) is 8.37. The Kier molecular flexibility index (Phi) is 3.94. The highest BCUT2D eigenvalue weighted by Crippen LogP contribution is 2.45. The lowest BCUT2D eigenvalue weighted by molar-refractivity contribution is 0.0962. The van der Waals surface area contributed by atoms with Gasteiger partial charge in [0, 0.05) is 18.9 Å². The number of nitrogens with one attached hydrogen (secondary N) is 1. The Labute approximate surface area is 147 Å². The smallest absolute Gasteiger partial charge is 0.252 e. The molecule has 0 spiro atoms. The quantitative estimate of drug-likeness (QED) is 0.793. The first-order chi connectivity index (χ1) is 12.3. The van der Waals surface area contributed by atoms with E-state index < -0.39 is 0 Å². The normalized spacial score (nSPS) is 15.7. The van der Waals surface area contributed by atoms with Crippen molar-refractivity contribution in [3.63, 3.8) is 0 Å². The second-order valence-corrected chi connectivity index (χ2v) is 6.14. The van der Waals surface area contributed by atoms with E-state index in [4.69, 9.17) is 0 Å². The Hall–Kier alpha value is -3.14. The minimum atomic E-state index is -0.127. The summed E-state index contributed by atoms with van der Waals surface area (Å²) in [6.07, 6.45) is 4.36. The molecular weight excluding hydrogens is 310 g/mol. The molecule has 4 nitrogen and oxygen atoms in total. The average Bonchev–Trinajstić information content (AvgIpc) is 3.07. The fourth-order valence-corrected chi connectivity index (χ4v) is 3.48. The van der Waals surface area contributed by atoms with E-state index in [-0.39, 0.29) is 11.9 Å². The lowest BCUT2D eigenvalue weighted by atomic mass is 10.0. The van der Waals surface area contributed by atoms with Crippen LogP contribution in [0.4, 0.5) is 11.4 Å². The number of nitrogens with zero attached hydrogens (tertiary/aromatic N) is 2. The molecule has 1 amide bonds. The molecule has 0 saturated heterocycles. The van der Waals surface area contributed by atoms with Gasteiger partial charge < -0.3 is 10.2 Å². The van der Waals surface area contributed by atoms with Crippen LogP contribution >= 0.6 is 0 Å². The van der Waals surface area contributed by atoms with Crippen molar-refractivity contribution in [2.24, 2.45) is 0 Å². The summed E-state index contributed by atoms with van der Waals surface area (Å²) in [5.74, 6) is -0.127. The van der Waals surface area contributed by atoms with E-state index >= 15 is 0 Å². The number of anilines is 2. The van der Waals surface area contributed by atoms with Crippen LogP contribution in [0.15, 0.2) is 73.1 Å². The molecule has 2 aromatic carbocycles. The Balaban J connectivity index is 1.82. The number of carbonyl (C=O) groups excluding carboxylic acids is 1. The van der Waals surface area contributed by atoms with Crippen molar-refractivity contribution in [3.05, 3.63) is 89.7 Å². The molecule has 0 saturated carbocycles. The van der Waals surface area contributed by atoms with Gasteiger partial charge in [-0.3, -0.25) is 9.78 Å². The Morgan fingerprint density at radius 1 is 1.08 bits per heavy atom. The van der Waals surface area contributed by atoms with E-state index in [2.05, 4.69) is 63.7 Å². The summed E-state index contributed by atoms with van der Waals surface area (Å²) >= 11 is 0. The number of carbonyl (C=O) groups is 1. The number of rotatable bonds is 3. The van der Waals surface area contributed by atoms with Crippen LogP contribution in [0.1, 0.15) is 27.5 Å². The summed E-state index contributed by atoms with van der Waals surface area (Å²) in [6.45, 7) is 0. The summed E-state index contributed by atoms with van der Waals surface area (Å²) in [6, 6.07) is 21.0. The first-order valence-corrected chi connectivity index (χ1v) is 8.37. The maximum absolute atomic E-state index is 12.0. The average molecular weight is 329 g/mol. The third kappa shape index (κ3) is 2.76. The number of fused-ring (bicyclic) bond motifs is 1. The van der Waals surface area contributed by atoms with E-state index in [9.17, 15) is 4.79 Å². The van der Waals surface area contributed by atoms with Crippen LogP contribution in [-0.4, -0.2) is 17.9 Å². The molecule has 0 bridgehead atoms. The maximum atomic E-state index is 12.0. The summed E-state index contributed by atoms with van der Waals surface area (Å²) in [5, 5.41) is 2.66. The van der Waals surface area contributed by atoms with Crippen LogP contribution in [0.5, 0.6) is 0 Å². The third-order valence-electron chi connectivity index (χ3n) is 4.65. The molecule has 1 aromatic heterocycles. The molecule has 1 atom stereocenters. The summed E-state index contributed by atoms with van der Waals surface area (Å²) < 4.78 is 0. The molecule has 0 aliphatic carbocycles. The molecule has 1 aliphatic heterocycles. The number of aromatic nitrogens is 1. The van der Waals surface area contributed by atoms with Gasteiger partial charge in [0.1, 0.15) is 0 Å². The molecule has 0 fully saturated rings. The lowest BCUT2D eigenvalue weighted by Crippen LogP contribution is -2.22. The minimum Gasteiger partial charge on any atom is -0.355 e. The predicted octanol–water partition coefficient (Wildman–Crippen LogP) is 3.88. The van der Waals surface area contributed by atoms with Gasteiger partial charge in [0.2, 0.25) is 0 Å². The summed E-state index contributed by atoms with van der Waals surface area (Å²) in [4.78, 5) is 18.6. The number of para-hydroxylation sites is 1. The standard InChI is InChI=1S/C21H19N3O/c1-22-21(25)17-11-18(14-23-13-17)24-19-10-6-5-9-16(19)12-20(24)15-7-3-2-4-8-15/h2-11,13-14,20H,12H2,1H3,(H,22,25). The molecule has 25 heavy (non-hydrogen) atoms. The molecule has 1 aliphatic rings. The van der Waals surface area contributed by atoms with Crippen molar-refractivity contribution in [1.29, 1.82) is 0 Å². The topological polar surface area (TPSA) is 45.2 Å². The number of benzene rings is 2.